The molecule has 2 heterocycles. The second-order valence-corrected chi connectivity index (χ2v) is 6.52. The molecule has 0 bridgehead atoms. The topological polar surface area (TPSA) is 46.6 Å². The van der Waals surface area contributed by atoms with E-state index in [2.05, 4.69) is 41.6 Å². The van der Waals surface area contributed by atoms with Gasteiger partial charge in [-0.1, -0.05) is 18.9 Å². The van der Waals surface area contributed by atoms with Gasteiger partial charge in [-0.2, -0.15) is 0 Å². The average Bonchev–Trinajstić information content (AvgIpc) is 3.07. The van der Waals surface area contributed by atoms with E-state index in [1.165, 1.54) is 31.4 Å². The van der Waals surface area contributed by atoms with Crippen molar-refractivity contribution in [2.24, 2.45) is 11.7 Å². The molecule has 1 atom stereocenters. The molecule has 4 nitrogen and oxygen atoms in total. The molecule has 0 amide bonds. The lowest BCUT2D eigenvalue weighted by Crippen LogP contribution is -2.27. The molecule has 0 saturated heterocycles. The summed E-state index contributed by atoms with van der Waals surface area (Å²) in [5.41, 5.74) is 8.30. The molecular formula is C17H26N4. The van der Waals surface area contributed by atoms with Gasteiger partial charge in [0.05, 0.1) is 5.69 Å². The Hall–Kier alpha value is -1.55. The quantitative estimate of drug-likeness (QED) is 0.919. The van der Waals surface area contributed by atoms with Crippen LogP contribution >= 0.6 is 0 Å². The van der Waals surface area contributed by atoms with Gasteiger partial charge in [0, 0.05) is 32.3 Å². The van der Waals surface area contributed by atoms with Crippen LogP contribution in [0.3, 0.4) is 0 Å². The van der Waals surface area contributed by atoms with Gasteiger partial charge in [-0.15, -0.1) is 0 Å². The first-order valence-electron chi connectivity index (χ1n) is 8.08. The molecule has 2 aromatic rings. The Morgan fingerprint density at radius 1 is 1.38 bits per heavy atom. The van der Waals surface area contributed by atoms with E-state index in [-0.39, 0.29) is 6.04 Å². The first-order chi connectivity index (χ1) is 10.1. The van der Waals surface area contributed by atoms with Gasteiger partial charge in [0.25, 0.3) is 0 Å². The molecule has 21 heavy (non-hydrogen) atoms. The van der Waals surface area contributed by atoms with Crippen molar-refractivity contribution < 1.29 is 0 Å². The van der Waals surface area contributed by atoms with E-state index in [1.807, 2.05) is 6.07 Å². The first-order valence-corrected chi connectivity index (χ1v) is 8.08. The zero-order valence-electron chi connectivity index (χ0n) is 13.1. The summed E-state index contributed by atoms with van der Waals surface area (Å²) >= 11 is 0. The number of fused-ring (bicyclic) bond motifs is 1. The summed E-state index contributed by atoms with van der Waals surface area (Å²) in [6, 6.07) is 6.31. The third-order valence-corrected chi connectivity index (χ3v) is 4.49. The molecule has 0 radical (unpaired) electrons. The number of nitrogens with zero attached hydrogens (tertiary/aromatic N) is 3. The number of hydrogen-bond acceptors (Lipinski definition) is 3. The number of hydrogen-bond donors (Lipinski definition) is 1. The maximum atomic E-state index is 6.05. The number of pyridine rings is 1. The number of rotatable bonds is 5. The number of aromatic nitrogens is 2. The van der Waals surface area contributed by atoms with Gasteiger partial charge < -0.3 is 15.0 Å². The molecule has 2 N–H and O–H groups in total. The maximum Gasteiger partial charge on any atom is 0.150 e. The largest absolute Gasteiger partial charge is 0.358 e. The SMILES string of the molecule is CC(N)Cc1c(N(C)CC2CCCC2)nc2ccccn12. The molecule has 1 fully saturated rings. The Morgan fingerprint density at radius 3 is 2.86 bits per heavy atom. The van der Waals surface area contributed by atoms with E-state index in [0.29, 0.717) is 0 Å². The number of anilines is 1. The van der Waals surface area contributed by atoms with Gasteiger partial charge in [-0.3, -0.25) is 0 Å². The van der Waals surface area contributed by atoms with Gasteiger partial charge >= 0.3 is 0 Å². The van der Waals surface area contributed by atoms with Crippen molar-refractivity contribution in [1.29, 1.82) is 0 Å². The minimum atomic E-state index is 0.142. The molecule has 0 spiro atoms. The predicted octanol–water partition coefficient (Wildman–Crippen LogP) is 2.85. The standard InChI is InChI=1S/C17H26N4/c1-13(18)11-15-17(19-16-9-5-6-10-21(15)16)20(2)12-14-7-3-4-8-14/h5-6,9-10,13-14H,3-4,7-8,11-12,18H2,1-2H3. The Balaban J connectivity index is 1.91. The summed E-state index contributed by atoms with van der Waals surface area (Å²) < 4.78 is 2.18. The fourth-order valence-corrected chi connectivity index (χ4v) is 3.50. The lowest BCUT2D eigenvalue weighted by atomic mass is 10.1. The van der Waals surface area contributed by atoms with Crippen molar-refractivity contribution >= 4 is 11.5 Å². The van der Waals surface area contributed by atoms with Crippen molar-refractivity contribution in [3.05, 3.63) is 30.1 Å². The summed E-state index contributed by atoms with van der Waals surface area (Å²) in [5.74, 6) is 1.92. The maximum absolute atomic E-state index is 6.05. The Morgan fingerprint density at radius 2 is 2.14 bits per heavy atom. The molecule has 4 heteroatoms. The fraction of sp³-hybridized carbons (Fsp3) is 0.588. The molecule has 2 aromatic heterocycles. The summed E-state index contributed by atoms with van der Waals surface area (Å²) in [7, 11) is 2.17. The molecule has 114 valence electrons. The molecule has 0 aromatic carbocycles. The normalized spacial score (nSPS) is 17.5. The van der Waals surface area contributed by atoms with Crippen molar-refractivity contribution in [2.45, 2.75) is 45.1 Å². The molecule has 3 rings (SSSR count). The van der Waals surface area contributed by atoms with Crippen molar-refractivity contribution in [3.8, 4) is 0 Å². The molecular weight excluding hydrogens is 260 g/mol. The zero-order chi connectivity index (χ0) is 14.8. The summed E-state index contributed by atoms with van der Waals surface area (Å²) in [5, 5.41) is 0. The van der Waals surface area contributed by atoms with Crippen molar-refractivity contribution in [2.75, 3.05) is 18.5 Å². The highest BCUT2D eigenvalue weighted by Gasteiger charge is 2.21. The Bertz CT molecular complexity index is 596. The van der Waals surface area contributed by atoms with Crippen LogP contribution in [0.5, 0.6) is 0 Å². The van der Waals surface area contributed by atoms with Crippen LogP contribution in [0.15, 0.2) is 24.4 Å². The fourth-order valence-electron chi connectivity index (χ4n) is 3.50. The van der Waals surface area contributed by atoms with Crippen LogP contribution in [-0.4, -0.2) is 29.0 Å². The van der Waals surface area contributed by atoms with E-state index in [9.17, 15) is 0 Å². The molecule has 1 unspecified atom stereocenters. The monoisotopic (exact) mass is 286 g/mol. The molecule has 1 aliphatic rings. The highest BCUT2D eigenvalue weighted by molar-refractivity contribution is 5.55. The Labute approximate surface area is 127 Å². The summed E-state index contributed by atoms with van der Waals surface area (Å²) in [4.78, 5) is 7.18. The third-order valence-electron chi connectivity index (χ3n) is 4.49. The van der Waals surface area contributed by atoms with Crippen molar-refractivity contribution in [1.82, 2.24) is 9.38 Å². The highest BCUT2D eigenvalue weighted by Crippen LogP contribution is 2.28. The zero-order valence-corrected chi connectivity index (χ0v) is 13.1. The first kappa shape index (κ1) is 14.4. The predicted molar refractivity (Wildman–Crippen MR) is 87.8 cm³/mol. The van der Waals surface area contributed by atoms with Gasteiger partial charge in [0.2, 0.25) is 0 Å². The minimum absolute atomic E-state index is 0.142. The molecule has 1 aliphatic carbocycles. The van der Waals surface area contributed by atoms with Crippen LogP contribution in [-0.2, 0) is 6.42 Å². The van der Waals surface area contributed by atoms with Crippen LogP contribution in [0.1, 0.15) is 38.3 Å². The van der Waals surface area contributed by atoms with Gasteiger partial charge in [0.15, 0.2) is 5.82 Å². The lowest BCUT2D eigenvalue weighted by molar-refractivity contribution is 0.544. The van der Waals surface area contributed by atoms with Gasteiger partial charge in [-0.25, -0.2) is 4.98 Å². The van der Waals surface area contributed by atoms with E-state index in [1.54, 1.807) is 0 Å². The molecule has 0 aliphatic heterocycles. The van der Waals surface area contributed by atoms with Crippen LogP contribution in [0.25, 0.3) is 5.65 Å². The van der Waals surface area contributed by atoms with E-state index >= 15 is 0 Å². The number of nitrogens with two attached hydrogens (primary N) is 1. The van der Waals surface area contributed by atoms with E-state index in [4.69, 9.17) is 10.7 Å². The van der Waals surface area contributed by atoms with E-state index in [0.717, 1.165) is 30.3 Å². The van der Waals surface area contributed by atoms with Crippen molar-refractivity contribution in [3.63, 3.8) is 0 Å². The smallest absolute Gasteiger partial charge is 0.150 e. The van der Waals surface area contributed by atoms with Gasteiger partial charge in [-0.05, 0) is 37.8 Å². The van der Waals surface area contributed by atoms with Crippen LogP contribution in [0, 0.1) is 5.92 Å². The van der Waals surface area contributed by atoms with E-state index < -0.39 is 0 Å². The van der Waals surface area contributed by atoms with Crippen LogP contribution in [0.4, 0.5) is 5.82 Å². The highest BCUT2D eigenvalue weighted by atomic mass is 15.2. The average molecular weight is 286 g/mol. The lowest BCUT2D eigenvalue weighted by Gasteiger charge is -2.22. The Kier molecular flexibility index (Phi) is 4.15. The van der Waals surface area contributed by atoms with Crippen LogP contribution in [0.2, 0.25) is 0 Å². The molecule has 1 saturated carbocycles. The second-order valence-electron chi connectivity index (χ2n) is 6.52. The summed E-state index contributed by atoms with van der Waals surface area (Å²) in [6.07, 6.45) is 8.44. The second kappa shape index (κ2) is 6.06. The van der Waals surface area contributed by atoms with Crippen LogP contribution < -0.4 is 10.6 Å². The minimum Gasteiger partial charge on any atom is -0.358 e. The number of imidazole rings is 1. The third kappa shape index (κ3) is 3.05. The van der Waals surface area contributed by atoms with Gasteiger partial charge in [0.1, 0.15) is 5.65 Å². The summed E-state index contributed by atoms with van der Waals surface area (Å²) in [6.45, 7) is 3.17.